The van der Waals surface area contributed by atoms with Crippen molar-refractivity contribution in [1.82, 2.24) is 20.0 Å². The van der Waals surface area contributed by atoms with Gasteiger partial charge >= 0.3 is 0 Å². The van der Waals surface area contributed by atoms with Crippen LogP contribution in [0.25, 0.3) is 0 Å². The Morgan fingerprint density at radius 3 is 2.47 bits per heavy atom. The predicted molar refractivity (Wildman–Crippen MR) is 81.1 cm³/mol. The van der Waals surface area contributed by atoms with Crippen LogP contribution in [0.5, 0.6) is 0 Å². The van der Waals surface area contributed by atoms with Crippen molar-refractivity contribution in [3.8, 4) is 0 Å². The van der Waals surface area contributed by atoms with Gasteiger partial charge in [-0.05, 0) is 12.8 Å². The quantitative estimate of drug-likeness (QED) is 0.767. The molecule has 1 aliphatic heterocycles. The first kappa shape index (κ1) is 15.1. The molecule has 5 nitrogen and oxygen atoms in total. The maximum atomic E-state index is 12.0. The molecule has 1 aromatic rings. The molecule has 0 bridgehead atoms. The summed E-state index contributed by atoms with van der Waals surface area (Å²) >= 11 is 4.76. The molecule has 1 saturated heterocycles. The third kappa shape index (κ3) is 4.62. The van der Waals surface area contributed by atoms with E-state index < -0.39 is 0 Å². The van der Waals surface area contributed by atoms with E-state index in [4.69, 9.17) is 0 Å². The van der Waals surface area contributed by atoms with E-state index in [1.54, 1.807) is 23.1 Å². The zero-order valence-electron chi connectivity index (χ0n) is 11.2. The van der Waals surface area contributed by atoms with Gasteiger partial charge in [-0.3, -0.25) is 4.79 Å². The van der Waals surface area contributed by atoms with Gasteiger partial charge < -0.3 is 9.80 Å². The standard InChI is InChI=1S/C11H18N4OS3/c1-3-17-10-12-13-11(19-10)18-8-9(16)15-6-4-14(2)5-7-15/h3-8H2,1-2H3. The summed E-state index contributed by atoms with van der Waals surface area (Å²) in [4.78, 5) is 16.2. The molecule has 2 heterocycles. The highest BCUT2D eigenvalue weighted by molar-refractivity contribution is 8.03. The number of hydrogen-bond donors (Lipinski definition) is 0. The van der Waals surface area contributed by atoms with Crippen molar-refractivity contribution in [3.05, 3.63) is 0 Å². The SMILES string of the molecule is CCSc1nnc(SCC(=O)N2CCN(C)CC2)s1. The Balaban J connectivity index is 1.76. The lowest BCUT2D eigenvalue weighted by atomic mass is 10.3. The van der Waals surface area contributed by atoms with Crippen molar-refractivity contribution >= 4 is 40.8 Å². The molecule has 0 unspecified atom stereocenters. The predicted octanol–water partition coefficient (Wildman–Crippen LogP) is 1.52. The van der Waals surface area contributed by atoms with E-state index in [2.05, 4.69) is 29.1 Å². The van der Waals surface area contributed by atoms with Gasteiger partial charge in [0.1, 0.15) is 0 Å². The minimum atomic E-state index is 0.206. The van der Waals surface area contributed by atoms with E-state index in [0.29, 0.717) is 5.75 Å². The highest BCUT2D eigenvalue weighted by Crippen LogP contribution is 2.28. The second-order valence-electron chi connectivity index (χ2n) is 4.24. The normalized spacial score (nSPS) is 16.8. The summed E-state index contributed by atoms with van der Waals surface area (Å²) in [6, 6.07) is 0. The maximum absolute atomic E-state index is 12.0. The zero-order chi connectivity index (χ0) is 13.7. The molecule has 106 valence electrons. The van der Waals surface area contributed by atoms with Crippen molar-refractivity contribution in [3.63, 3.8) is 0 Å². The number of thioether (sulfide) groups is 2. The van der Waals surface area contributed by atoms with Gasteiger partial charge in [-0.25, -0.2) is 0 Å². The van der Waals surface area contributed by atoms with E-state index in [0.717, 1.165) is 40.6 Å². The number of nitrogens with zero attached hydrogens (tertiary/aromatic N) is 4. The second-order valence-corrected chi connectivity index (χ2v) is 7.95. The van der Waals surface area contributed by atoms with Crippen LogP contribution in [-0.4, -0.2) is 70.6 Å². The topological polar surface area (TPSA) is 49.3 Å². The van der Waals surface area contributed by atoms with E-state index >= 15 is 0 Å². The molecule has 8 heteroatoms. The van der Waals surface area contributed by atoms with Crippen LogP contribution in [0.4, 0.5) is 0 Å². The number of carbonyl (C=O) groups excluding carboxylic acids is 1. The van der Waals surface area contributed by atoms with Crippen molar-refractivity contribution < 1.29 is 4.79 Å². The molecule has 0 spiro atoms. The Morgan fingerprint density at radius 2 is 1.84 bits per heavy atom. The van der Waals surface area contributed by atoms with E-state index in [-0.39, 0.29) is 5.91 Å². The van der Waals surface area contributed by atoms with E-state index in [9.17, 15) is 4.79 Å². The smallest absolute Gasteiger partial charge is 0.233 e. The molecule has 0 aliphatic carbocycles. The molecule has 2 rings (SSSR count). The van der Waals surface area contributed by atoms with Gasteiger partial charge in [0.2, 0.25) is 5.91 Å². The highest BCUT2D eigenvalue weighted by Gasteiger charge is 2.19. The number of hydrogen-bond acceptors (Lipinski definition) is 7. The lowest BCUT2D eigenvalue weighted by Gasteiger charge is -2.32. The van der Waals surface area contributed by atoms with Crippen LogP contribution in [0.1, 0.15) is 6.92 Å². The average Bonchev–Trinajstić information content (AvgIpc) is 2.85. The molecular weight excluding hydrogens is 300 g/mol. The van der Waals surface area contributed by atoms with Gasteiger partial charge in [0, 0.05) is 26.2 Å². The number of piperazine rings is 1. The van der Waals surface area contributed by atoms with Crippen molar-refractivity contribution in [2.24, 2.45) is 0 Å². The first-order chi connectivity index (χ1) is 9.19. The van der Waals surface area contributed by atoms with Gasteiger partial charge in [-0.1, -0.05) is 41.8 Å². The molecule has 0 N–H and O–H groups in total. The largest absolute Gasteiger partial charge is 0.339 e. The minimum absolute atomic E-state index is 0.206. The Kier molecular flexibility index (Phi) is 5.93. The van der Waals surface area contributed by atoms with Gasteiger partial charge in [0.05, 0.1) is 5.75 Å². The van der Waals surface area contributed by atoms with Crippen molar-refractivity contribution in [1.29, 1.82) is 0 Å². The van der Waals surface area contributed by atoms with Crippen LogP contribution in [-0.2, 0) is 4.79 Å². The fourth-order valence-corrected chi connectivity index (χ4v) is 4.53. The number of amides is 1. The van der Waals surface area contributed by atoms with Crippen molar-refractivity contribution in [2.75, 3.05) is 44.7 Å². The van der Waals surface area contributed by atoms with Crippen LogP contribution in [0.3, 0.4) is 0 Å². The lowest BCUT2D eigenvalue weighted by Crippen LogP contribution is -2.47. The molecule has 0 saturated carbocycles. The van der Waals surface area contributed by atoms with Crippen LogP contribution >= 0.6 is 34.9 Å². The summed E-state index contributed by atoms with van der Waals surface area (Å²) in [6.07, 6.45) is 0. The summed E-state index contributed by atoms with van der Waals surface area (Å²) < 4.78 is 1.87. The van der Waals surface area contributed by atoms with E-state index in [1.165, 1.54) is 11.8 Å². The number of rotatable bonds is 5. The Labute approximate surface area is 126 Å². The number of carbonyl (C=O) groups is 1. The third-order valence-corrected chi connectivity index (χ3v) is 5.89. The van der Waals surface area contributed by atoms with Gasteiger partial charge in [0.25, 0.3) is 0 Å². The molecule has 1 aliphatic rings. The summed E-state index contributed by atoms with van der Waals surface area (Å²) in [5, 5.41) is 8.18. The molecule has 0 radical (unpaired) electrons. The third-order valence-electron chi connectivity index (χ3n) is 2.83. The summed E-state index contributed by atoms with van der Waals surface area (Å²) in [7, 11) is 2.09. The average molecular weight is 318 g/mol. The van der Waals surface area contributed by atoms with Gasteiger partial charge in [-0.2, -0.15) is 0 Å². The fraction of sp³-hybridized carbons (Fsp3) is 0.727. The maximum Gasteiger partial charge on any atom is 0.233 e. The molecule has 1 amide bonds. The first-order valence-electron chi connectivity index (χ1n) is 6.24. The monoisotopic (exact) mass is 318 g/mol. The Morgan fingerprint density at radius 1 is 1.21 bits per heavy atom. The lowest BCUT2D eigenvalue weighted by molar-refractivity contribution is -0.129. The van der Waals surface area contributed by atoms with Crippen molar-refractivity contribution in [2.45, 2.75) is 15.6 Å². The van der Waals surface area contributed by atoms with Gasteiger partial charge in [0.15, 0.2) is 8.68 Å². The molecule has 1 fully saturated rings. The highest BCUT2D eigenvalue weighted by atomic mass is 32.2. The fourth-order valence-electron chi connectivity index (χ4n) is 1.71. The van der Waals surface area contributed by atoms with Crippen LogP contribution in [0.15, 0.2) is 8.68 Å². The minimum Gasteiger partial charge on any atom is -0.339 e. The number of likely N-dealkylation sites (N-methyl/N-ethyl adjacent to an activating group) is 1. The van der Waals surface area contributed by atoms with Gasteiger partial charge in [-0.15, -0.1) is 10.2 Å². The van der Waals surface area contributed by atoms with E-state index in [1.807, 2.05) is 4.90 Å². The number of aromatic nitrogens is 2. The summed E-state index contributed by atoms with van der Waals surface area (Å²) in [5.74, 6) is 1.67. The Hall–Kier alpha value is -0.310. The van der Waals surface area contributed by atoms with Crippen LogP contribution in [0.2, 0.25) is 0 Å². The molecule has 0 atom stereocenters. The van der Waals surface area contributed by atoms with Crippen LogP contribution in [0, 0.1) is 0 Å². The second kappa shape index (κ2) is 7.47. The Bertz CT molecular complexity index is 418. The molecule has 0 aromatic carbocycles. The van der Waals surface area contributed by atoms with Crippen LogP contribution < -0.4 is 0 Å². The molecule has 19 heavy (non-hydrogen) atoms. The first-order valence-corrected chi connectivity index (χ1v) is 9.03. The molecule has 1 aromatic heterocycles. The molecular formula is C11H18N4OS3. The summed E-state index contributed by atoms with van der Waals surface area (Å²) in [6.45, 7) is 5.70. The zero-order valence-corrected chi connectivity index (χ0v) is 13.6. The summed E-state index contributed by atoms with van der Waals surface area (Å²) in [5.41, 5.74) is 0.